The van der Waals surface area contributed by atoms with Gasteiger partial charge in [-0.15, -0.1) is 18.3 Å². The van der Waals surface area contributed by atoms with Gasteiger partial charge >= 0.3 is 0 Å². The molecule has 2 nitrogen and oxygen atoms in total. The lowest BCUT2D eigenvalue weighted by molar-refractivity contribution is 0.841. The van der Waals surface area contributed by atoms with E-state index < -0.39 is 0 Å². The summed E-state index contributed by atoms with van der Waals surface area (Å²) in [6, 6.07) is 10.3. The minimum Gasteiger partial charge on any atom is -0.400 e. The molecule has 3 rings (SSSR count). The van der Waals surface area contributed by atoms with Crippen molar-refractivity contribution in [1.82, 2.24) is 0 Å². The zero-order chi connectivity index (χ0) is 13.4. The monoisotopic (exact) mass is 268 g/mol. The van der Waals surface area contributed by atoms with E-state index in [2.05, 4.69) is 30.8 Å². The fourth-order valence-electron chi connectivity index (χ4n) is 2.53. The summed E-state index contributed by atoms with van der Waals surface area (Å²) in [6.07, 6.45) is 3.93. The van der Waals surface area contributed by atoms with Crippen molar-refractivity contribution in [2.75, 3.05) is 5.75 Å². The lowest BCUT2D eigenvalue weighted by Crippen LogP contribution is -2.21. The molecule has 19 heavy (non-hydrogen) atoms. The summed E-state index contributed by atoms with van der Waals surface area (Å²) in [5.41, 5.74) is 15.3. The number of nitrogens with two attached hydrogens (primary N) is 2. The Balaban J connectivity index is 2.29. The first-order chi connectivity index (χ1) is 9.22. The van der Waals surface area contributed by atoms with Gasteiger partial charge in [0, 0.05) is 16.3 Å². The second-order valence-corrected chi connectivity index (χ2v) is 5.71. The summed E-state index contributed by atoms with van der Waals surface area (Å²) in [6.45, 7) is 3.77. The van der Waals surface area contributed by atoms with Crippen LogP contribution in [0.2, 0.25) is 0 Å². The van der Waals surface area contributed by atoms with Gasteiger partial charge in [0.2, 0.25) is 0 Å². The molecule has 0 radical (unpaired) electrons. The fourth-order valence-corrected chi connectivity index (χ4v) is 3.31. The van der Waals surface area contributed by atoms with Gasteiger partial charge in [-0.2, -0.15) is 0 Å². The summed E-state index contributed by atoms with van der Waals surface area (Å²) < 4.78 is 0. The van der Waals surface area contributed by atoms with Crippen LogP contribution in [0.4, 0.5) is 0 Å². The summed E-state index contributed by atoms with van der Waals surface area (Å²) >= 11 is 1.77. The van der Waals surface area contributed by atoms with Crippen molar-refractivity contribution in [1.29, 1.82) is 0 Å². The Labute approximate surface area is 117 Å². The van der Waals surface area contributed by atoms with Crippen LogP contribution >= 0.6 is 11.8 Å². The molecule has 3 heteroatoms. The van der Waals surface area contributed by atoms with Crippen LogP contribution < -0.4 is 11.5 Å². The molecule has 0 heterocycles. The molecule has 2 aromatic carbocycles. The molecule has 0 spiro atoms. The van der Waals surface area contributed by atoms with E-state index in [1.54, 1.807) is 11.8 Å². The highest BCUT2D eigenvalue weighted by Crippen LogP contribution is 2.39. The van der Waals surface area contributed by atoms with Gasteiger partial charge in [0.05, 0.1) is 6.04 Å². The Bertz CT molecular complexity index is 688. The lowest BCUT2D eigenvalue weighted by Gasteiger charge is -2.23. The summed E-state index contributed by atoms with van der Waals surface area (Å²) in [5, 5.41) is 2.45. The third-order valence-electron chi connectivity index (χ3n) is 3.44. The van der Waals surface area contributed by atoms with E-state index in [0.717, 1.165) is 17.0 Å². The maximum atomic E-state index is 6.18. The van der Waals surface area contributed by atoms with Crippen molar-refractivity contribution in [2.45, 2.75) is 10.9 Å². The molecular formula is C16H16N2S. The average Bonchev–Trinajstić information content (AvgIpc) is 2.43. The van der Waals surface area contributed by atoms with Crippen LogP contribution in [-0.2, 0) is 0 Å². The standard InChI is InChI=1S/C16H16N2S/c1-2-8-19-14-7-6-10-4-3-5-11-15(10)12(14)9-13(17)16(11)18/h2-7,9,16H,1,8,17-18H2. The third kappa shape index (κ3) is 1.95. The van der Waals surface area contributed by atoms with Crippen LogP contribution in [0.25, 0.3) is 16.8 Å². The molecule has 0 fully saturated rings. The van der Waals surface area contributed by atoms with Gasteiger partial charge in [0.15, 0.2) is 0 Å². The molecule has 96 valence electrons. The van der Waals surface area contributed by atoms with Crippen LogP contribution in [-0.4, -0.2) is 5.75 Å². The maximum absolute atomic E-state index is 6.18. The molecule has 1 atom stereocenters. The first kappa shape index (κ1) is 12.3. The van der Waals surface area contributed by atoms with E-state index in [0.29, 0.717) is 0 Å². The number of thioether (sulfide) groups is 1. The molecule has 0 aromatic heterocycles. The SMILES string of the molecule is C=CCSc1ccc2cccc3c2c1C=C(N)C3N. The molecular weight excluding hydrogens is 252 g/mol. The maximum Gasteiger partial charge on any atom is 0.0705 e. The summed E-state index contributed by atoms with van der Waals surface area (Å²) in [7, 11) is 0. The quantitative estimate of drug-likeness (QED) is 0.662. The summed E-state index contributed by atoms with van der Waals surface area (Å²) in [4.78, 5) is 1.23. The normalized spacial score (nSPS) is 17.3. The Hall–Kier alpha value is -1.71. The second-order valence-electron chi connectivity index (χ2n) is 4.64. The minimum absolute atomic E-state index is 0.198. The topological polar surface area (TPSA) is 52.0 Å². The van der Waals surface area contributed by atoms with Crippen molar-refractivity contribution < 1.29 is 0 Å². The molecule has 4 N–H and O–H groups in total. The lowest BCUT2D eigenvalue weighted by atomic mass is 9.89. The third-order valence-corrected chi connectivity index (χ3v) is 4.51. The Morgan fingerprint density at radius 2 is 2.11 bits per heavy atom. The highest BCUT2D eigenvalue weighted by molar-refractivity contribution is 7.99. The largest absolute Gasteiger partial charge is 0.400 e. The number of hydrogen-bond acceptors (Lipinski definition) is 3. The number of benzene rings is 2. The van der Waals surface area contributed by atoms with Crippen LogP contribution in [0.1, 0.15) is 17.2 Å². The van der Waals surface area contributed by atoms with Gasteiger partial charge in [-0.1, -0.05) is 30.3 Å². The van der Waals surface area contributed by atoms with Crippen molar-refractivity contribution >= 4 is 28.6 Å². The van der Waals surface area contributed by atoms with Gasteiger partial charge in [-0.3, -0.25) is 0 Å². The van der Waals surface area contributed by atoms with Crippen molar-refractivity contribution in [3.63, 3.8) is 0 Å². The zero-order valence-electron chi connectivity index (χ0n) is 10.6. The second kappa shape index (κ2) is 4.76. The first-order valence-electron chi connectivity index (χ1n) is 6.24. The molecule has 0 saturated carbocycles. The predicted octanol–water partition coefficient (Wildman–Crippen LogP) is 3.43. The minimum atomic E-state index is -0.198. The van der Waals surface area contributed by atoms with Crippen molar-refractivity contribution in [3.8, 4) is 0 Å². The van der Waals surface area contributed by atoms with Gasteiger partial charge in [-0.05, 0) is 34.0 Å². The highest BCUT2D eigenvalue weighted by Gasteiger charge is 2.21. The molecule has 0 bridgehead atoms. The van der Waals surface area contributed by atoms with Gasteiger partial charge < -0.3 is 11.5 Å². The van der Waals surface area contributed by atoms with E-state index in [4.69, 9.17) is 11.5 Å². The smallest absolute Gasteiger partial charge is 0.0705 e. The van der Waals surface area contributed by atoms with E-state index in [1.807, 2.05) is 18.2 Å². The van der Waals surface area contributed by atoms with Crippen LogP contribution in [0.3, 0.4) is 0 Å². The van der Waals surface area contributed by atoms with Crippen LogP contribution in [0.5, 0.6) is 0 Å². The van der Waals surface area contributed by atoms with Crippen molar-refractivity contribution in [2.24, 2.45) is 11.5 Å². The molecule has 1 aliphatic carbocycles. The van der Waals surface area contributed by atoms with E-state index in [1.165, 1.54) is 21.2 Å². The Morgan fingerprint density at radius 3 is 2.89 bits per heavy atom. The van der Waals surface area contributed by atoms with Gasteiger partial charge in [0.25, 0.3) is 0 Å². The molecule has 0 amide bonds. The molecule has 1 unspecified atom stereocenters. The highest BCUT2D eigenvalue weighted by atomic mass is 32.2. The first-order valence-corrected chi connectivity index (χ1v) is 7.23. The van der Waals surface area contributed by atoms with Crippen LogP contribution in [0, 0.1) is 0 Å². The van der Waals surface area contributed by atoms with E-state index in [9.17, 15) is 0 Å². The number of rotatable bonds is 3. The van der Waals surface area contributed by atoms with Gasteiger partial charge in [-0.25, -0.2) is 0 Å². The summed E-state index contributed by atoms with van der Waals surface area (Å²) in [5.74, 6) is 0.889. The Morgan fingerprint density at radius 1 is 1.26 bits per heavy atom. The molecule has 0 aliphatic heterocycles. The van der Waals surface area contributed by atoms with Gasteiger partial charge in [0.1, 0.15) is 0 Å². The van der Waals surface area contributed by atoms with Crippen LogP contribution in [0.15, 0.2) is 53.6 Å². The molecule has 2 aromatic rings. The molecule has 0 saturated heterocycles. The zero-order valence-corrected chi connectivity index (χ0v) is 11.4. The van der Waals surface area contributed by atoms with E-state index in [-0.39, 0.29) is 6.04 Å². The average molecular weight is 268 g/mol. The number of hydrogen-bond donors (Lipinski definition) is 2. The van der Waals surface area contributed by atoms with E-state index >= 15 is 0 Å². The molecule has 1 aliphatic rings. The fraction of sp³-hybridized carbons (Fsp3) is 0.125. The van der Waals surface area contributed by atoms with Crippen molar-refractivity contribution in [3.05, 3.63) is 59.8 Å². The Kier molecular flexibility index (Phi) is 3.09. The predicted molar refractivity (Wildman–Crippen MR) is 84.0 cm³/mol.